The lowest BCUT2D eigenvalue weighted by atomic mass is 9.87. The Bertz CT molecular complexity index is 1900. The topological polar surface area (TPSA) is 105 Å². The molecular formula is C31H24ClFN4O3S. The predicted molar refractivity (Wildman–Crippen MR) is 159 cm³/mol. The van der Waals surface area contributed by atoms with Crippen molar-refractivity contribution in [3.05, 3.63) is 131 Å². The maximum absolute atomic E-state index is 13.9. The molecule has 0 atom stereocenters. The van der Waals surface area contributed by atoms with Crippen LogP contribution in [-0.4, -0.2) is 29.5 Å². The molecule has 0 aliphatic rings. The molecule has 0 spiro atoms. The van der Waals surface area contributed by atoms with Crippen molar-refractivity contribution in [1.82, 2.24) is 19.9 Å². The summed E-state index contributed by atoms with van der Waals surface area (Å²) in [5, 5.41) is 8.34. The van der Waals surface area contributed by atoms with E-state index in [9.17, 15) is 17.6 Å². The molecule has 5 aromatic rings. The van der Waals surface area contributed by atoms with Crippen molar-refractivity contribution in [2.45, 2.75) is 18.2 Å². The number of aromatic amines is 1. The monoisotopic (exact) mass is 586 g/mol. The number of amides is 1. The smallest absolute Gasteiger partial charge is 0.264 e. The highest BCUT2D eigenvalue weighted by atomic mass is 35.5. The van der Waals surface area contributed by atoms with Crippen LogP contribution >= 0.6 is 11.6 Å². The van der Waals surface area contributed by atoms with Crippen molar-refractivity contribution >= 4 is 55.7 Å². The van der Waals surface area contributed by atoms with Gasteiger partial charge in [-0.25, -0.2) is 17.5 Å². The number of fused-ring (bicyclic) bond motifs is 1. The lowest BCUT2D eigenvalue weighted by Gasteiger charge is -2.18. The molecule has 3 aromatic carbocycles. The number of carbonyl (C=O) groups is 1. The van der Waals surface area contributed by atoms with Gasteiger partial charge in [0.05, 0.1) is 21.6 Å². The van der Waals surface area contributed by atoms with Crippen molar-refractivity contribution in [3.8, 4) is 0 Å². The molecule has 0 saturated heterocycles. The number of carbonyl (C=O) groups excluding carboxylic acids is 1. The number of nitrogens with one attached hydrogen (secondary N) is 2. The molecule has 0 aliphatic carbocycles. The van der Waals surface area contributed by atoms with Crippen LogP contribution in [0.2, 0.25) is 5.02 Å². The van der Waals surface area contributed by atoms with Crippen molar-refractivity contribution < 1.29 is 17.6 Å². The van der Waals surface area contributed by atoms with Crippen LogP contribution < -0.4 is 4.72 Å². The Balaban J connectivity index is 1.49. The molecule has 0 aliphatic heterocycles. The number of hydrogen-bond donors (Lipinski definition) is 2. The fourth-order valence-electron chi connectivity index (χ4n) is 4.53. The molecule has 41 heavy (non-hydrogen) atoms. The highest BCUT2D eigenvalue weighted by Crippen LogP contribution is 2.38. The zero-order valence-electron chi connectivity index (χ0n) is 21.8. The first-order valence-corrected chi connectivity index (χ1v) is 14.5. The molecule has 2 N–H and O–H groups in total. The van der Waals surface area contributed by atoms with Crippen molar-refractivity contribution in [3.63, 3.8) is 0 Å². The Morgan fingerprint density at radius 2 is 1.73 bits per heavy atom. The number of H-pyrrole nitrogens is 1. The van der Waals surface area contributed by atoms with E-state index in [1.54, 1.807) is 12.3 Å². The molecule has 0 radical (unpaired) electrons. The van der Waals surface area contributed by atoms with Crippen molar-refractivity contribution in [1.29, 1.82) is 0 Å². The second-order valence-electron chi connectivity index (χ2n) is 9.11. The summed E-state index contributed by atoms with van der Waals surface area (Å²) in [7, 11) is -4.01. The summed E-state index contributed by atoms with van der Waals surface area (Å²) in [5.41, 5.74) is 5.98. The maximum Gasteiger partial charge on any atom is 0.264 e. The largest absolute Gasteiger partial charge is 0.278 e. The van der Waals surface area contributed by atoms with Crippen LogP contribution in [0.3, 0.4) is 0 Å². The molecule has 0 bridgehead atoms. The fraction of sp³-hybridized carbons (Fsp3) is 0.0645. The standard InChI is InChI=1S/C31H24ClFN4O3S/c1-2-26(27-10-9-24(33)18-28(27)32)31(22-8-11-29-23(17-22)19-35-36-29)21-6-3-20(4-7-21)5-12-30(38)37-41(39,40)25-13-15-34-16-14-25/h3-19H,2H2,1H3,(H,35,36)(H,37,38). The van der Waals surface area contributed by atoms with E-state index in [0.717, 1.165) is 44.8 Å². The zero-order chi connectivity index (χ0) is 29.0. The van der Waals surface area contributed by atoms with Gasteiger partial charge in [0.1, 0.15) is 5.82 Å². The van der Waals surface area contributed by atoms with Gasteiger partial charge in [-0.1, -0.05) is 54.9 Å². The Kier molecular flexibility index (Phi) is 8.09. The molecule has 7 nitrogen and oxygen atoms in total. The number of hydrogen-bond acceptors (Lipinski definition) is 5. The first-order chi connectivity index (χ1) is 19.7. The van der Waals surface area contributed by atoms with Gasteiger partial charge in [-0.3, -0.25) is 14.9 Å². The van der Waals surface area contributed by atoms with Gasteiger partial charge in [0.15, 0.2) is 0 Å². The predicted octanol–water partition coefficient (Wildman–Crippen LogP) is 6.64. The third-order valence-corrected chi connectivity index (χ3v) is 8.14. The summed E-state index contributed by atoms with van der Waals surface area (Å²) in [6.45, 7) is 2.02. The van der Waals surface area contributed by atoms with Crippen LogP contribution in [0.5, 0.6) is 0 Å². The molecule has 206 valence electrons. The first-order valence-electron chi connectivity index (χ1n) is 12.6. The lowest BCUT2D eigenvalue weighted by Crippen LogP contribution is -2.28. The van der Waals surface area contributed by atoms with E-state index in [1.165, 1.54) is 42.7 Å². The zero-order valence-corrected chi connectivity index (χ0v) is 23.4. The Morgan fingerprint density at radius 3 is 2.44 bits per heavy atom. The highest BCUT2D eigenvalue weighted by molar-refractivity contribution is 7.90. The van der Waals surface area contributed by atoms with Crippen LogP contribution in [0.4, 0.5) is 4.39 Å². The Hall–Kier alpha value is -4.60. The van der Waals surface area contributed by atoms with Gasteiger partial charge in [0.2, 0.25) is 0 Å². The van der Waals surface area contributed by atoms with Gasteiger partial charge in [0, 0.05) is 23.9 Å². The second kappa shape index (κ2) is 11.9. The Morgan fingerprint density at radius 1 is 1.00 bits per heavy atom. The molecule has 0 saturated carbocycles. The van der Waals surface area contributed by atoms with Crippen LogP contribution in [0.25, 0.3) is 28.1 Å². The number of benzene rings is 3. The minimum absolute atomic E-state index is 0.0560. The minimum atomic E-state index is -4.01. The van der Waals surface area contributed by atoms with Gasteiger partial charge in [-0.2, -0.15) is 5.10 Å². The molecular weight excluding hydrogens is 563 g/mol. The number of rotatable bonds is 8. The number of allylic oxidation sites excluding steroid dienone is 1. The molecule has 2 aromatic heterocycles. The van der Waals surface area contributed by atoms with Crippen LogP contribution in [0.1, 0.15) is 35.6 Å². The van der Waals surface area contributed by atoms with Gasteiger partial charge in [0.25, 0.3) is 15.9 Å². The van der Waals surface area contributed by atoms with E-state index in [2.05, 4.69) is 15.2 Å². The number of pyridine rings is 1. The van der Waals surface area contributed by atoms with E-state index in [1.807, 2.05) is 54.1 Å². The molecule has 0 fully saturated rings. The summed E-state index contributed by atoms with van der Waals surface area (Å²) in [4.78, 5) is 16.1. The number of aromatic nitrogens is 3. The van der Waals surface area contributed by atoms with E-state index < -0.39 is 21.7 Å². The summed E-state index contributed by atoms with van der Waals surface area (Å²) in [5.74, 6) is -1.19. The van der Waals surface area contributed by atoms with Gasteiger partial charge >= 0.3 is 0 Å². The van der Waals surface area contributed by atoms with Crippen LogP contribution in [0.15, 0.2) is 102 Å². The SMILES string of the molecule is CCC(=C(c1ccc(C=CC(=O)NS(=O)(=O)c2ccncc2)cc1)c1ccc2[nH]ncc2c1)c1ccc(F)cc1Cl. The second-order valence-corrected chi connectivity index (χ2v) is 11.2. The van der Waals surface area contributed by atoms with Crippen LogP contribution in [0, 0.1) is 5.82 Å². The third kappa shape index (κ3) is 6.26. The quantitative estimate of drug-likeness (QED) is 0.157. The van der Waals surface area contributed by atoms with Gasteiger partial charge in [-0.15, -0.1) is 0 Å². The highest BCUT2D eigenvalue weighted by Gasteiger charge is 2.17. The molecule has 2 heterocycles. The number of sulfonamides is 1. The summed E-state index contributed by atoms with van der Waals surface area (Å²) < 4.78 is 40.7. The van der Waals surface area contributed by atoms with Crippen molar-refractivity contribution in [2.75, 3.05) is 0 Å². The third-order valence-electron chi connectivity index (χ3n) is 6.46. The lowest BCUT2D eigenvalue weighted by molar-refractivity contribution is -0.114. The Labute approximate surface area is 241 Å². The number of nitrogens with zero attached hydrogens (tertiary/aromatic N) is 2. The van der Waals surface area contributed by atoms with Crippen LogP contribution in [-0.2, 0) is 14.8 Å². The fourth-order valence-corrected chi connectivity index (χ4v) is 5.74. The van der Waals surface area contributed by atoms with Gasteiger partial charge in [-0.05, 0) is 82.3 Å². The van der Waals surface area contributed by atoms with E-state index in [-0.39, 0.29) is 4.90 Å². The normalized spacial score (nSPS) is 12.5. The van der Waals surface area contributed by atoms with Crippen molar-refractivity contribution in [2.24, 2.45) is 0 Å². The minimum Gasteiger partial charge on any atom is -0.278 e. The average Bonchev–Trinajstić information content (AvgIpc) is 3.44. The summed E-state index contributed by atoms with van der Waals surface area (Å²) >= 11 is 6.50. The molecule has 1 amide bonds. The molecule has 10 heteroatoms. The summed E-state index contributed by atoms with van der Waals surface area (Å²) in [6.07, 6.45) is 7.73. The maximum atomic E-state index is 13.9. The summed E-state index contributed by atoms with van der Waals surface area (Å²) in [6, 6.07) is 20.4. The molecule has 0 unspecified atom stereocenters. The van der Waals surface area contributed by atoms with Gasteiger partial charge < -0.3 is 0 Å². The average molecular weight is 587 g/mol. The first kappa shape index (κ1) is 27.9. The van der Waals surface area contributed by atoms with E-state index in [4.69, 9.17) is 11.6 Å². The van der Waals surface area contributed by atoms with E-state index in [0.29, 0.717) is 17.0 Å². The molecule has 5 rings (SSSR count). The number of halogens is 2. The van der Waals surface area contributed by atoms with E-state index >= 15 is 0 Å².